The normalized spacial score (nSPS) is 11.5. The third-order valence-corrected chi connectivity index (χ3v) is 10.1. The first-order valence-corrected chi connectivity index (χ1v) is 17.6. The van der Waals surface area contributed by atoms with Crippen LogP contribution in [0.5, 0.6) is 0 Å². The number of aromatic nitrogens is 1. The highest BCUT2D eigenvalue weighted by atomic mass is 16.3. The molecule has 0 atom stereocenters. The van der Waals surface area contributed by atoms with Crippen LogP contribution in [-0.4, -0.2) is 4.98 Å². The molecule has 0 spiro atoms. The van der Waals surface area contributed by atoms with Crippen molar-refractivity contribution in [3.8, 4) is 33.4 Å². The smallest absolute Gasteiger partial charge is 0.230 e. The molecule has 0 fully saturated rings. The van der Waals surface area contributed by atoms with Gasteiger partial charge in [-0.15, -0.1) is 0 Å². The fourth-order valence-corrected chi connectivity index (χ4v) is 7.59. The lowest BCUT2D eigenvalue weighted by Crippen LogP contribution is -2.11. The summed E-state index contributed by atoms with van der Waals surface area (Å²) in [4.78, 5) is 7.42. The van der Waals surface area contributed by atoms with Crippen LogP contribution in [0.4, 0.5) is 17.1 Å². The summed E-state index contributed by atoms with van der Waals surface area (Å²) in [7, 11) is 0. The van der Waals surface area contributed by atoms with Crippen LogP contribution in [0.15, 0.2) is 199 Å². The molecule has 3 heteroatoms. The molecular formula is C49H32N2O. The number of hydrogen-bond donors (Lipinski definition) is 0. The summed E-state index contributed by atoms with van der Waals surface area (Å²) >= 11 is 0. The molecule has 0 radical (unpaired) electrons. The molecule has 0 saturated carbocycles. The summed E-state index contributed by atoms with van der Waals surface area (Å²) in [5.41, 5.74) is 12.5. The van der Waals surface area contributed by atoms with Crippen LogP contribution in [0, 0.1) is 0 Å². The number of benzene rings is 8. The Labute approximate surface area is 301 Å². The second-order valence-electron chi connectivity index (χ2n) is 13.2. The average Bonchev–Trinajstić information content (AvgIpc) is 3.59. The van der Waals surface area contributed by atoms with Gasteiger partial charge in [0.1, 0.15) is 5.58 Å². The minimum atomic E-state index is 0.624. The van der Waals surface area contributed by atoms with Gasteiger partial charge in [0.25, 0.3) is 0 Å². The summed E-state index contributed by atoms with van der Waals surface area (Å²) in [6.07, 6.45) is 0. The minimum absolute atomic E-state index is 0.624. The Kier molecular flexibility index (Phi) is 7.14. The third-order valence-electron chi connectivity index (χ3n) is 10.1. The van der Waals surface area contributed by atoms with Crippen LogP contribution >= 0.6 is 0 Å². The van der Waals surface area contributed by atoms with Gasteiger partial charge in [0.15, 0.2) is 0 Å². The standard InChI is InChI=1S/C49H32N2O/c1-2-13-33(14-3-1)37-17-10-19-39(31-37)51(48-43-22-6-8-25-45(43)50-49-47(48)44-23-7-9-26-46(44)52-49)40-20-11-18-38(32-40)34-27-29-36(30-28-34)42-24-12-16-35-15-4-5-21-41(35)42/h1-32H. The van der Waals surface area contributed by atoms with Gasteiger partial charge in [-0.05, 0) is 80.6 Å². The SMILES string of the molecule is c1ccc(-c2cccc(N(c3cccc(-c4ccc(-c5cccc6ccccc56)cc4)c3)c3c4ccccc4nc4oc5ccccc5c34)c2)cc1. The van der Waals surface area contributed by atoms with Crippen molar-refractivity contribution in [1.82, 2.24) is 4.98 Å². The van der Waals surface area contributed by atoms with Gasteiger partial charge in [0.2, 0.25) is 5.71 Å². The Morgan fingerprint density at radius 3 is 1.73 bits per heavy atom. The molecule has 2 aromatic heterocycles. The Bertz CT molecular complexity index is 2900. The van der Waals surface area contributed by atoms with E-state index >= 15 is 0 Å². The first-order valence-electron chi connectivity index (χ1n) is 17.6. The molecule has 0 aliphatic rings. The molecule has 10 aromatic rings. The van der Waals surface area contributed by atoms with Crippen molar-refractivity contribution in [1.29, 1.82) is 0 Å². The van der Waals surface area contributed by atoms with Crippen LogP contribution < -0.4 is 4.90 Å². The molecular weight excluding hydrogens is 633 g/mol. The largest absolute Gasteiger partial charge is 0.438 e. The highest BCUT2D eigenvalue weighted by Crippen LogP contribution is 2.47. The molecule has 0 aliphatic carbocycles. The molecule has 0 unspecified atom stereocenters. The van der Waals surface area contributed by atoms with E-state index in [2.05, 4.69) is 181 Å². The minimum Gasteiger partial charge on any atom is -0.438 e. The molecule has 52 heavy (non-hydrogen) atoms. The predicted octanol–water partition coefficient (Wildman–Crippen LogP) is 13.8. The first-order chi connectivity index (χ1) is 25.8. The molecule has 2 heterocycles. The summed E-state index contributed by atoms with van der Waals surface area (Å²) in [6, 6.07) is 68.9. The predicted molar refractivity (Wildman–Crippen MR) is 218 cm³/mol. The van der Waals surface area contributed by atoms with Crippen molar-refractivity contribution in [2.75, 3.05) is 4.90 Å². The molecule has 8 aromatic carbocycles. The van der Waals surface area contributed by atoms with E-state index < -0.39 is 0 Å². The monoisotopic (exact) mass is 664 g/mol. The van der Waals surface area contributed by atoms with Crippen molar-refractivity contribution in [2.45, 2.75) is 0 Å². The van der Waals surface area contributed by atoms with Gasteiger partial charge >= 0.3 is 0 Å². The van der Waals surface area contributed by atoms with Crippen molar-refractivity contribution < 1.29 is 4.42 Å². The van der Waals surface area contributed by atoms with E-state index in [1.807, 2.05) is 18.2 Å². The number of pyridine rings is 1. The van der Waals surface area contributed by atoms with Crippen LogP contribution in [0.25, 0.3) is 77.1 Å². The van der Waals surface area contributed by atoms with E-state index in [0.29, 0.717) is 5.71 Å². The van der Waals surface area contributed by atoms with Crippen LogP contribution in [0.1, 0.15) is 0 Å². The van der Waals surface area contributed by atoms with Gasteiger partial charge in [-0.1, -0.05) is 158 Å². The fourth-order valence-electron chi connectivity index (χ4n) is 7.59. The zero-order valence-corrected chi connectivity index (χ0v) is 28.3. The van der Waals surface area contributed by atoms with E-state index in [1.54, 1.807) is 0 Å². The Hall–Kier alpha value is -6.97. The summed E-state index contributed by atoms with van der Waals surface area (Å²) in [5.74, 6) is 0. The van der Waals surface area contributed by atoms with E-state index in [9.17, 15) is 0 Å². The number of hydrogen-bond acceptors (Lipinski definition) is 3. The molecule has 0 aliphatic heterocycles. The lowest BCUT2D eigenvalue weighted by atomic mass is 9.96. The van der Waals surface area contributed by atoms with Crippen LogP contribution in [0.3, 0.4) is 0 Å². The summed E-state index contributed by atoms with van der Waals surface area (Å²) in [5, 5.41) is 5.59. The lowest BCUT2D eigenvalue weighted by molar-refractivity contribution is 0.656. The van der Waals surface area contributed by atoms with Gasteiger partial charge in [0, 0.05) is 22.1 Å². The van der Waals surface area contributed by atoms with Crippen molar-refractivity contribution >= 4 is 60.8 Å². The molecule has 10 rings (SSSR count). The number of furan rings is 1. The third kappa shape index (κ3) is 5.10. The highest BCUT2D eigenvalue weighted by molar-refractivity contribution is 6.19. The summed E-state index contributed by atoms with van der Waals surface area (Å²) in [6.45, 7) is 0. The average molecular weight is 665 g/mol. The Balaban J connectivity index is 1.18. The van der Waals surface area contributed by atoms with Crippen molar-refractivity contribution in [3.63, 3.8) is 0 Å². The number of para-hydroxylation sites is 2. The van der Waals surface area contributed by atoms with Gasteiger partial charge in [-0.2, -0.15) is 0 Å². The Morgan fingerprint density at radius 2 is 0.962 bits per heavy atom. The molecule has 0 N–H and O–H groups in total. The number of anilines is 3. The maximum atomic E-state index is 6.45. The van der Waals surface area contributed by atoms with Gasteiger partial charge in [0.05, 0.1) is 16.6 Å². The highest BCUT2D eigenvalue weighted by Gasteiger charge is 2.24. The van der Waals surface area contributed by atoms with Gasteiger partial charge in [-0.3, -0.25) is 0 Å². The number of rotatable bonds is 6. The van der Waals surface area contributed by atoms with Gasteiger partial charge < -0.3 is 9.32 Å². The topological polar surface area (TPSA) is 29.3 Å². The van der Waals surface area contributed by atoms with Crippen molar-refractivity contribution in [2.24, 2.45) is 0 Å². The maximum absolute atomic E-state index is 6.45. The molecule has 0 amide bonds. The van der Waals surface area contributed by atoms with E-state index in [1.165, 1.54) is 27.5 Å². The molecule has 3 nitrogen and oxygen atoms in total. The van der Waals surface area contributed by atoms with E-state index in [-0.39, 0.29) is 0 Å². The lowest BCUT2D eigenvalue weighted by Gasteiger charge is -2.28. The number of fused-ring (bicyclic) bond motifs is 5. The second-order valence-corrected chi connectivity index (χ2v) is 13.2. The van der Waals surface area contributed by atoms with Gasteiger partial charge in [-0.25, -0.2) is 4.98 Å². The first kappa shape index (κ1) is 29.9. The quantitative estimate of drug-likeness (QED) is 0.177. The number of nitrogens with zero attached hydrogens (tertiary/aromatic N) is 2. The van der Waals surface area contributed by atoms with Crippen LogP contribution in [0.2, 0.25) is 0 Å². The fraction of sp³-hybridized carbons (Fsp3) is 0. The molecule has 0 saturated heterocycles. The van der Waals surface area contributed by atoms with E-state index in [0.717, 1.165) is 61.0 Å². The zero-order chi connectivity index (χ0) is 34.4. The van der Waals surface area contributed by atoms with E-state index in [4.69, 9.17) is 9.40 Å². The molecule has 244 valence electrons. The molecule has 0 bridgehead atoms. The van der Waals surface area contributed by atoms with Crippen molar-refractivity contribution in [3.05, 3.63) is 194 Å². The van der Waals surface area contributed by atoms with Crippen LogP contribution in [-0.2, 0) is 0 Å². The zero-order valence-electron chi connectivity index (χ0n) is 28.3. The maximum Gasteiger partial charge on any atom is 0.230 e. The second kappa shape index (κ2) is 12.4. The Morgan fingerprint density at radius 1 is 0.404 bits per heavy atom. The summed E-state index contributed by atoms with van der Waals surface area (Å²) < 4.78 is 6.45.